The molecule has 2 aliphatic heterocycles. The summed E-state index contributed by atoms with van der Waals surface area (Å²) in [6, 6.07) is 5.33. The standard InChI is InChI=1S/C20H27F2N3O3/c21-20(22)28-17-8-2-1-6-15(17)19(27)25-12-4-7-16(25)18(26)24-11-9-14-5-3-10-23-13-14/h1-2,6,8,14,16,20,23H,3-5,7,9-13H2,(H,24,26). The smallest absolute Gasteiger partial charge is 0.387 e. The molecule has 2 aliphatic rings. The molecular weight excluding hydrogens is 368 g/mol. The molecule has 2 saturated heterocycles. The van der Waals surface area contributed by atoms with Gasteiger partial charge in [0.1, 0.15) is 11.8 Å². The lowest BCUT2D eigenvalue weighted by atomic mass is 9.96. The van der Waals surface area contributed by atoms with Gasteiger partial charge in [-0.3, -0.25) is 9.59 Å². The van der Waals surface area contributed by atoms with Crippen LogP contribution in [0.15, 0.2) is 24.3 Å². The number of hydrogen-bond acceptors (Lipinski definition) is 4. The molecule has 2 unspecified atom stereocenters. The minimum Gasteiger partial charge on any atom is -0.434 e. The van der Waals surface area contributed by atoms with Crippen LogP contribution in [0.25, 0.3) is 0 Å². The zero-order valence-electron chi connectivity index (χ0n) is 15.8. The summed E-state index contributed by atoms with van der Waals surface area (Å²) in [5.41, 5.74) is 0.0516. The van der Waals surface area contributed by atoms with Gasteiger partial charge in [-0.1, -0.05) is 12.1 Å². The van der Waals surface area contributed by atoms with Crippen molar-refractivity contribution in [2.24, 2.45) is 5.92 Å². The fraction of sp³-hybridized carbons (Fsp3) is 0.600. The maximum Gasteiger partial charge on any atom is 0.387 e. The number of halogens is 2. The Morgan fingerprint density at radius 2 is 2.07 bits per heavy atom. The van der Waals surface area contributed by atoms with Gasteiger partial charge in [0.05, 0.1) is 5.56 Å². The van der Waals surface area contributed by atoms with Gasteiger partial charge in [-0.15, -0.1) is 0 Å². The van der Waals surface area contributed by atoms with Crippen molar-refractivity contribution in [2.75, 3.05) is 26.2 Å². The fourth-order valence-corrected chi connectivity index (χ4v) is 3.97. The third-order valence-corrected chi connectivity index (χ3v) is 5.40. The maximum absolute atomic E-state index is 12.9. The number of likely N-dealkylation sites (tertiary alicyclic amines) is 1. The molecule has 0 radical (unpaired) electrons. The van der Waals surface area contributed by atoms with E-state index in [9.17, 15) is 18.4 Å². The molecule has 2 amide bonds. The van der Waals surface area contributed by atoms with E-state index in [-0.39, 0.29) is 17.2 Å². The van der Waals surface area contributed by atoms with Crippen LogP contribution >= 0.6 is 0 Å². The summed E-state index contributed by atoms with van der Waals surface area (Å²) in [4.78, 5) is 27.0. The SMILES string of the molecule is O=C(NCCC1CCCNC1)C1CCCN1C(=O)c1ccccc1OC(F)F. The number of rotatable bonds is 7. The zero-order chi connectivity index (χ0) is 19.9. The summed E-state index contributed by atoms with van der Waals surface area (Å²) < 4.78 is 29.7. The first-order valence-corrected chi connectivity index (χ1v) is 9.89. The predicted molar refractivity (Wildman–Crippen MR) is 100 cm³/mol. The molecule has 28 heavy (non-hydrogen) atoms. The molecule has 6 nitrogen and oxygen atoms in total. The molecule has 154 valence electrons. The highest BCUT2D eigenvalue weighted by Crippen LogP contribution is 2.26. The van der Waals surface area contributed by atoms with Gasteiger partial charge in [0.2, 0.25) is 5.91 Å². The third kappa shape index (κ3) is 5.19. The van der Waals surface area contributed by atoms with E-state index in [1.54, 1.807) is 6.07 Å². The average Bonchev–Trinajstić information content (AvgIpc) is 3.18. The van der Waals surface area contributed by atoms with E-state index in [2.05, 4.69) is 15.4 Å². The number of para-hydroxylation sites is 1. The van der Waals surface area contributed by atoms with Crippen LogP contribution in [0, 0.1) is 5.92 Å². The summed E-state index contributed by atoms with van der Waals surface area (Å²) in [5, 5.41) is 6.30. The molecule has 1 aromatic carbocycles. The van der Waals surface area contributed by atoms with Gasteiger partial charge >= 0.3 is 6.61 Å². The number of ether oxygens (including phenoxy) is 1. The Morgan fingerprint density at radius 1 is 1.25 bits per heavy atom. The van der Waals surface area contributed by atoms with Crippen LogP contribution in [0.4, 0.5) is 8.78 Å². The van der Waals surface area contributed by atoms with Crippen LogP contribution in [0.5, 0.6) is 5.75 Å². The fourth-order valence-electron chi connectivity index (χ4n) is 3.97. The van der Waals surface area contributed by atoms with E-state index in [1.807, 2.05) is 0 Å². The minimum atomic E-state index is -3.01. The lowest BCUT2D eigenvalue weighted by Crippen LogP contribution is -2.46. The topological polar surface area (TPSA) is 70.7 Å². The average molecular weight is 395 g/mol. The number of amides is 2. The lowest BCUT2D eigenvalue weighted by Gasteiger charge is -2.26. The summed E-state index contributed by atoms with van der Waals surface area (Å²) in [6.45, 7) is 0.0195. The number of piperidine rings is 1. The Balaban J connectivity index is 1.59. The van der Waals surface area contributed by atoms with Crippen molar-refractivity contribution in [3.05, 3.63) is 29.8 Å². The molecule has 2 fully saturated rings. The second kappa shape index (κ2) is 9.82. The molecule has 2 heterocycles. The van der Waals surface area contributed by atoms with Crippen LogP contribution in [0.3, 0.4) is 0 Å². The number of carbonyl (C=O) groups excluding carboxylic acids is 2. The van der Waals surface area contributed by atoms with Crippen molar-refractivity contribution in [3.63, 3.8) is 0 Å². The van der Waals surface area contributed by atoms with Gasteiger partial charge in [0, 0.05) is 13.1 Å². The summed E-state index contributed by atoms with van der Waals surface area (Å²) in [6.07, 6.45) is 4.50. The Labute approximate surface area is 163 Å². The molecule has 0 aromatic heterocycles. The van der Waals surface area contributed by atoms with Crippen molar-refractivity contribution in [3.8, 4) is 5.75 Å². The highest BCUT2D eigenvalue weighted by atomic mass is 19.3. The number of nitrogens with one attached hydrogen (secondary N) is 2. The Hall–Kier alpha value is -2.22. The molecule has 0 bridgehead atoms. The van der Waals surface area contributed by atoms with E-state index in [0.717, 1.165) is 32.4 Å². The van der Waals surface area contributed by atoms with Gasteiger partial charge in [0.15, 0.2) is 0 Å². The van der Waals surface area contributed by atoms with Crippen molar-refractivity contribution in [1.29, 1.82) is 0 Å². The molecule has 1 aromatic rings. The van der Waals surface area contributed by atoms with Crippen LogP contribution < -0.4 is 15.4 Å². The first-order chi connectivity index (χ1) is 13.6. The third-order valence-electron chi connectivity index (χ3n) is 5.40. The van der Waals surface area contributed by atoms with Crippen molar-refractivity contribution >= 4 is 11.8 Å². The molecule has 2 N–H and O–H groups in total. The van der Waals surface area contributed by atoms with Gasteiger partial charge in [-0.05, 0) is 63.2 Å². The second-order valence-corrected chi connectivity index (χ2v) is 7.32. The highest BCUT2D eigenvalue weighted by molar-refractivity contribution is 6.00. The minimum absolute atomic E-state index is 0.0516. The van der Waals surface area contributed by atoms with E-state index >= 15 is 0 Å². The predicted octanol–water partition coefficient (Wildman–Crippen LogP) is 2.40. The molecule has 8 heteroatoms. The van der Waals surface area contributed by atoms with Crippen LogP contribution in [0.1, 0.15) is 42.5 Å². The summed E-state index contributed by atoms with van der Waals surface area (Å²) in [5.74, 6) is -0.237. The number of carbonyl (C=O) groups is 2. The van der Waals surface area contributed by atoms with Crippen LogP contribution in [-0.2, 0) is 4.79 Å². The first-order valence-electron chi connectivity index (χ1n) is 9.89. The number of alkyl halides is 2. The first kappa shape index (κ1) is 20.5. The summed E-state index contributed by atoms with van der Waals surface area (Å²) >= 11 is 0. The Morgan fingerprint density at radius 3 is 2.82 bits per heavy atom. The largest absolute Gasteiger partial charge is 0.434 e. The molecule has 2 atom stereocenters. The van der Waals surface area contributed by atoms with E-state index in [0.29, 0.717) is 31.8 Å². The highest BCUT2D eigenvalue weighted by Gasteiger charge is 2.35. The quantitative estimate of drug-likeness (QED) is 0.744. The van der Waals surface area contributed by atoms with E-state index in [4.69, 9.17) is 0 Å². The second-order valence-electron chi connectivity index (χ2n) is 7.32. The molecule has 0 saturated carbocycles. The normalized spacial score (nSPS) is 22.3. The maximum atomic E-state index is 12.9. The van der Waals surface area contributed by atoms with E-state index < -0.39 is 18.6 Å². The van der Waals surface area contributed by atoms with Crippen LogP contribution in [0.2, 0.25) is 0 Å². The molecule has 0 aliphatic carbocycles. The monoisotopic (exact) mass is 395 g/mol. The van der Waals surface area contributed by atoms with Gasteiger partial charge in [-0.2, -0.15) is 8.78 Å². The van der Waals surface area contributed by atoms with Gasteiger partial charge < -0.3 is 20.3 Å². The van der Waals surface area contributed by atoms with Gasteiger partial charge in [-0.25, -0.2) is 0 Å². The van der Waals surface area contributed by atoms with Gasteiger partial charge in [0.25, 0.3) is 5.91 Å². The van der Waals surface area contributed by atoms with Crippen molar-refractivity contribution in [2.45, 2.75) is 44.8 Å². The van der Waals surface area contributed by atoms with Crippen molar-refractivity contribution < 1.29 is 23.1 Å². The lowest BCUT2D eigenvalue weighted by molar-refractivity contribution is -0.124. The molecule has 3 rings (SSSR count). The van der Waals surface area contributed by atoms with E-state index in [1.165, 1.54) is 23.1 Å². The van der Waals surface area contributed by atoms with Crippen LogP contribution in [-0.4, -0.2) is 55.5 Å². The Bertz CT molecular complexity index is 680. The zero-order valence-corrected chi connectivity index (χ0v) is 15.8. The number of nitrogens with zero attached hydrogens (tertiary/aromatic N) is 1. The Kier molecular flexibility index (Phi) is 7.19. The van der Waals surface area contributed by atoms with Crippen molar-refractivity contribution in [1.82, 2.24) is 15.5 Å². The number of hydrogen-bond donors (Lipinski definition) is 2. The molecular formula is C20H27F2N3O3. The summed E-state index contributed by atoms with van der Waals surface area (Å²) in [7, 11) is 0. The number of benzene rings is 1. The molecule has 0 spiro atoms.